The van der Waals surface area contributed by atoms with E-state index in [0.717, 1.165) is 37.2 Å². The largest absolute Gasteiger partial charge is 0.325 e. The number of piperidine rings is 1. The number of likely N-dealkylation sites (tertiary alicyclic amines) is 1. The van der Waals surface area contributed by atoms with Gasteiger partial charge in [0.05, 0.1) is 6.54 Å². The monoisotopic (exact) mass is 311 g/mol. The molecular weight excluding hydrogens is 286 g/mol. The maximum absolute atomic E-state index is 12.1. The topological polar surface area (TPSA) is 44.4 Å². The number of halogens is 1. The van der Waals surface area contributed by atoms with Crippen LogP contribution in [-0.4, -0.2) is 43.5 Å². The molecule has 1 aliphatic heterocycles. The smallest absolute Gasteiger partial charge is 0.238 e. The zero-order chi connectivity index (χ0) is 14.5. The lowest BCUT2D eigenvalue weighted by molar-refractivity contribution is -0.117. The van der Waals surface area contributed by atoms with Crippen LogP contribution in [0.2, 0.25) is 0 Å². The number of benzene rings is 1. The number of hydrogen-bond donors (Lipinski definition) is 2. The van der Waals surface area contributed by atoms with E-state index < -0.39 is 0 Å². The molecule has 0 spiro atoms. The summed E-state index contributed by atoms with van der Waals surface area (Å²) in [5.74, 6) is 0.0848. The minimum absolute atomic E-state index is 0. The number of aryl methyl sites for hydroxylation is 2. The van der Waals surface area contributed by atoms with Crippen molar-refractivity contribution in [2.45, 2.75) is 32.7 Å². The molecule has 2 rings (SSSR count). The van der Waals surface area contributed by atoms with Gasteiger partial charge in [0.15, 0.2) is 0 Å². The van der Waals surface area contributed by atoms with E-state index in [-0.39, 0.29) is 18.3 Å². The second-order valence-electron chi connectivity index (χ2n) is 5.71. The normalized spacial score (nSPS) is 16.3. The van der Waals surface area contributed by atoms with Gasteiger partial charge in [0, 0.05) is 24.8 Å². The molecule has 5 heteroatoms. The molecule has 2 N–H and O–H groups in total. The van der Waals surface area contributed by atoms with Gasteiger partial charge in [0.1, 0.15) is 0 Å². The standard InChI is InChI=1S/C16H25N3O.ClH/c1-12-4-5-13(2)15(10-12)18-16(20)11-19-8-6-14(17-3)7-9-19;/h4-5,10,14,17H,6-9,11H2,1-3H3,(H,18,20);1H. The van der Waals surface area contributed by atoms with Crippen LogP contribution in [0.4, 0.5) is 5.69 Å². The van der Waals surface area contributed by atoms with Crippen molar-refractivity contribution in [1.82, 2.24) is 10.2 Å². The molecule has 1 aliphatic rings. The predicted octanol–water partition coefficient (Wildman–Crippen LogP) is 2.35. The van der Waals surface area contributed by atoms with Gasteiger partial charge in [0.2, 0.25) is 5.91 Å². The van der Waals surface area contributed by atoms with Crippen LogP contribution < -0.4 is 10.6 Å². The summed E-state index contributed by atoms with van der Waals surface area (Å²) in [6.45, 7) is 6.53. The zero-order valence-electron chi connectivity index (χ0n) is 13.1. The summed E-state index contributed by atoms with van der Waals surface area (Å²) in [5, 5.41) is 6.33. The van der Waals surface area contributed by atoms with Gasteiger partial charge in [0.25, 0.3) is 0 Å². The number of nitrogens with one attached hydrogen (secondary N) is 2. The zero-order valence-corrected chi connectivity index (χ0v) is 13.9. The van der Waals surface area contributed by atoms with Gasteiger partial charge in [-0.3, -0.25) is 9.69 Å². The number of carbonyl (C=O) groups is 1. The lowest BCUT2D eigenvalue weighted by Crippen LogP contribution is -2.44. The highest BCUT2D eigenvalue weighted by Gasteiger charge is 2.19. The third-order valence-corrected chi connectivity index (χ3v) is 4.03. The van der Waals surface area contributed by atoms with Crippen molar-refractivity contribution in [2.75, 3.05) is 32.0 Å². The van der Waals surface area contributed by atoms with Crippen molar-refractivity contribution in [3.63, 3.8) is 0 Å². The number of anilines is 1. The van der Waals surface area contributed by atoms with E-state index in [9.17, 15) is 4.79 Å². The van der Waals surface area contributed by atoms with Crippen LogP contribution in [0.5, 0.6) is 0 Å². The highest BCUT2D eigenvalue weighted by molar-refractivity contribution is 5.93. The molecule has 0 bridgehead atoms. The molecule has 1 heterocycles. The third-order valence-electron chi connectivity index (χ3n) is 4.03. The first-order valence-electron chi connectivity index (χ1n) is 7.35. The Bertz CT molecular complexity index is 471. The molecule has 0 saturated carbocycles. The average molecular weight is 312 g/mol. The van der Waals surface area contributed by atoms with Crippen molar-refractivity contribution in [2.24, 2.45) is 0 Å². The highest BCUT2D eigenvalue weighted by Crippen LogP contribution is 2.16. The van der Waals surface area contributed by atoms with E-state index in [4.69, 9.17) is 0 Å². The fraction of sp³-hybridized carbons (Fsp3) is 0.562. The molecule has 0 unspecified atom stereocenters. The summed E-state index contributed by atoms with van der Waals surface area (Å²) in [6.07, 6.45) is 2.24. The number of amides is 1. The maximum Gasteiger partial charge on any atom is 0.238 e. The van der Waals surface area contributed by atoms with Gasteiger partial charge in [-0.15, -0.1) is 12.4 Å². The summed E-state index contributed by atoms with van der Waals surface area (Å²) < 4.78 is 0. The van der Waals surface area contributed by atoms with Gasteiger partial charge < -0.3 is 10.6 Å². The Balaban J connectivity index is 0.00000220. The van der Waals surface area contributed by atoms with E-state index in [1.54, 1.807) is 0 Å². The molecule has 1 amide bonds. The summed E-state index contributed by atoms with van der Waals surface area (Å²) >= 11 is 0. The lowest BCUT2D eigenvalue weighted by atomic mass is 10.1. The molecular formula is C16H26ClN3O. The van der Waals surface area contributed by atoms with Crippen molar-refractivity contribution < 1.29 is 4.79 Å². The Morgan fingerprint density at radius 2 is 1.95 bits per heavy atom. The molecule has 0 atom stereocenters. The fourth-order valence-electron chi connectivity index (χ4n) is 2.64. The van der Waals surface area contributed by atoms with E-state index >= 15 is 0 Å². The summed E-state index contributed by atoms with van der Waals surface area (Å²) in [4.78, 5) is 14.4. The van der Waals surface area contributed by atoms with Gasteiger partial charge >= 0.3 is 0 Å². The van der Waals surface area contributed by atoms with Crippen molar-refractivity contribution in [3.05, 3.63) is 29.3 Å². The lowest BCUT2D eigenvalue weighted by Gasteiger charge is -2.31. The second kappa shape index (κ2) is 8.37. The molecule has 0 radical (unpaired) electrons. The van der Waals surface area contributed by atoms with Gasteiger partial charge in [-0.25, -0.2) is 0 Å². The van der Waals surface area contributed by atoms with E-state index in [1.807, 2.05) is 33.0 Å². The van der Waals surface area contributed by atoms with Gasteiger partial charge in [-0.05, 0) is 50.9 Å². The molecule has 0 aromatic heterocycles. The predicted molar refractivity (Wildman–Crippen MR) is 90.3 cm³/mol. The molecule has 1 saturated heterocycles. The molecule has 1 aromatic carbocycles. The maximum atomic E-state index is 12.1. The SMILES string of the molecule is CNC1CCN(CC(=O)Nc2cc(C)ccc2C)CC1.Cl. The Labute approximate surface area is 133 Å². The fourth-order valence-corrected chi connectivity index (χ4v) is 2.64. The van der Waals surface area contributed by atoms with Crippen LogP contribution in [0, 0.1) is 13.8 Å². The summed E-state index contributed by atoms with van der Waals surface area (Å²) in [5.41, 5.74) is 3.21. The van der Waals surface area contributed by atoms with Gasteiger partial charge in [-0.1, -0.05) is 12.1 Å². The molecule has 4 nitrogen and oxygen atoms in total. The van der Waals surface area contributed by atoms with Crippen LogP contribution in [0.15, 0.2) is 18.2 Å². The first-order valence-corrected chi connectivity index (χ1v) is 7.35. The Kier molecular flexibility index (Phi) is 7.15. The van der Waals surface area contributed by atoms with E-state index in [0.29, 0.717) is 12.6 Å². The highest BCUT2D eigenvalue weighted by atomic mass is 35.5. The van der Waals surface area contributed by atoms with Crippen LogP contribution in [-0.2, 0) is 4.79 Å². The molecule has 1 aromatic rings. The van der Waals surface area contributed by atoms with E-state index in [2.05, 4.69) is 21.6 Å². The van der Waals surface area contributed by atoms with Crippen molar-refractivity contribution in [3.8, 4) is 0 Å². The van der Waals surface area contributed by atoms with Crippen LogP contribution in [0.25, 0.3) is 0 Å². The quantitative estimate of drug-likeness (QED) is 0.897. The molecule has 1 fully saturated rings. The Hall–Kier alpha value is -1.10. The molecule has 0 aliphatic carbocycles. The van der Waals surface area contributed by atoms with Crippen LogP contribution in [0.3, 0.4) is 0 Å². The van der Waals surface area contributed by atoms with Crippen molar-refractivity contribution >= 4 is 24.0 Å². The first kappa shape index (κ1) is 18.0. The Morgan fingerprint density at radius 1 is 1.29 bits per heavy atom. The molecule has 118 valence electrons. The first-order chi connectivity index (χ1) is 9.58. The van der Waals surface area contributed by atoms with Gasteiger partial charge in [-0.2, -0.15) is 0 Å². The second-order valence-corrected chi connectivity index (χ2v) is 5.71. The third kappa shape index (κ3) is 5.30. The summed E-state index contributed by atoms with van der Waals surface area (Å²) in [6, 6.07) is 6.74. The minimum atomic E-state index is 0. The van der Waals surface area contributed by atoms with Crippen LogP contribution >= 0.6 is 12.4 Å². The Morgan fingerprint density at radius 3 is 2.57 bits per heavy atom. The summed E-state index contributed by atoms with van der Waals surface area (Å²) in [7, 11) is 2.01. The van der Waals surface area contributed by atoms with Crippen LogP contribution in [0.1, 0.15) is 24.0 Å². The van der Waals surface area contributed by atoms with E-state index in [1.165, 1.54) is 5.56 Å². The number of carbonyl (C=O) groups excluding carboxylic acids is 1. The number of hydrogen-bond acceptors (Lipinski definition) is 3. The van der Waals surface area contributed by atoms with Crippen molar-refractivity contribution in [1.29, 1.82) is 0 Å². The minimum Gasteiger partial charge on any atom is -0.325 e. The molecule has 21 heavy (non-hydrogen) atoms. The number of rotatable bonds is 4. The average Bonchev–Trinajstić information content (AvgIpc) is 2.43. The number of nitrogens with zero attached hydrogens (tertiary/aromatic N) is 1.